The van der Waals surface area contributed by atoms with Crippen molar-refractivity contribution in [1.29, 1.82) is 0 Å². The normalized spacial score (nSPS) is 10.3. The molecule has 3 rings (SSSR count). The van der Waals surface area contributed by atoms with Crippen molar-refractivity contribution in [2.24, 2.45) is 0 Å². The Morgan fingerprint density at radius 1 is 0.958 bits per heavy atom. The Kier molecular flexibility index (Phi) is 5.19. The summed E-state index contributed by atoms with van der Waals surface area (Å²) in [6.45, 7) is 0.927. The number of carbonyl (C=O) groups excluding carboxylic acids is 1. The lowest BCUT2D eigenvalue weighted by Crippen LogP contribution is -2.36. The van der Waals surface area contributed by atoms with Gasteiger partial charge in [0.05, 0.1) is 18.4 Å². The van der Waals surface area contributed by atoms with E-state index in [0.717, 1.165) is 12.1 Å². The molecule has 24 heavy (non-hydrogen) atoms. The van der Waals surface area contributed by atoms with Crippen molar-refractivity contribution in [2.45, 2.75) is 13.0 Å². The number of para-hydroxylation sites is 1. The van der Waals surface area contributed by atoms with Gasteiger partial charge in [-0.15, -0.1) is 5.10 Å². The number of hydrogen-bond donors (Lipinski definition) is 2. The van der Waals surface area contributed by atoms with Crippen LogP contribution in [-0.4, -0.2) is 27.6 Å². The number of hydrogen-bond acceptors (Lipinski definition) is 3. The van der Waals surface area contributed by atoms with Gasteiger partial charge < -0.3 is 10.6 Å². The van der Waals surface area contributed by atoms with Crippen LogP contribution in [0, 0.1) is 0 Å². The molecule has 2 N–H and O–H groups in total. The zero-order valence-corrected chi connectivity index (χ0v) is 13.2. The highest BCUT2D eigenvalue weighted by Crippen LogP contribution is 2.05. The van der Waals surface area contributed by atoms with Crippen LogP contribution in [0.1, 0.15) is 11.3 Å². The Bertz CT molecular complexity index is 770. The predicted molar refractivity (Wildman–Crippen MR) is 91.7 cm³/mol. The van der Waals surface area contributed by atoms with Gasteiger partial charge in [-0.05, 0) is 24.1 Å². The molecule has 0 spiro atoms. The SMILES string of the molecule is O=C(NCCc1ccccc1)NCc1cn(-c2ccccc2)nn1. The summed E-state index contributed by atoms with van der Waals surface area (Å²) in [6.07, 6.45) is 2.61. The predicted octanol–water partition coefficient (Wildman–Crippen LogP) is 2.31. The molecule has 0 fully saturated rings. The van der Waals surface area contributed by atoms with Crippen LogP contribution in [0.3, 0.4) is 0 Å². The standard InChI is InChI=1S/C18H19N5O/c24-18(19-12-11-15-7-3-1-4-8-15)20-13-16-14-23(22-21-16)17-9-5-2-6-10-17/h1-10,14H,11-13H2,(H2,19,20,24). The second kappa shape index (κ2) is 7.92. The van der Waals surface area contributed by atoms with E-state index in [1.807, 2.05) is 60.7 Å². The molecule has 0 saturated heterocycles. The molecule has 2 aromatic carbocycles. The molecular weight excluding hydrogens is 302 g/mol. The number of nitrogens with zero attached hydrogens (tertiary/aromatic N) is 3. The molecular formula is C18H19N5O. The Morgan fingerprint density at radius 2 is 1.67 bits per heavy atom. The molecule has 1 heterocycles. The number of aromatic nitrogens is 3. The summed E-state index contributed by atoms with van der Waals surface area (Å²) in [5.41, 5.74) is 2.84. The lowest BCUT2D eigenvalue weighted by Gasteiger charge is -2.06. The molecule has 1 aromatic heterocycles. The van der Waals surface area contributed by atoms with Crippen molar-refractivity contribution in [2.75, 3.05) is 6.54 Å². The summed E-state index contributed by atoms with van der Waals surface area (Å²) in [7, 11) is 0. The smallest absolute Gasteiger partial charge is 0.315 e. The average Bonchev–Trinajstić information content (AvgIpc) is 3.11. The van der Waals surface area contributed by atoms with Gasteiger partial charge in [-0.2, -0.15) is 0 Å². The van der Waals surface area contributed by atoms with Gasteiger partial charge in [0.25, 0.3) is 0 Å². The molecule has 0 aliphatic rings. The Balaban J connectivity index is 1.42. The lowest BCUT2D eigenvalue weighted by atomic mass is 10.1. The maximum atomic E-state index is 11.8. The minimum atomic E-state index is -0.208. The zero-order valence-electron chi connectivity index (χ0n) is 13.2. The van der Waals surface area contributed by atoms with E-state index < -0.39 is 0 Å². The van der Waals surface area contributed by atoms with Crippen molar-refractivity contribution in [3.63, 3.8) is 0 Å². The van der Waals surface area contributed by atoms with E-state index in [1.54, 1.807) is 10.9 Å². The van der Waals surface area contributed by atoms with Crippen molar-refractivity contribution in [1.82, 2.24) is 25.6 Å². The van der Waals surface area contributed by atoms with Gasteiger partial charge >= 0.3 is 6.03 Å². The highest BCUT2D eigenvalue weighted by atomic mass is 16.2. The van der Waals surface area contributed by atoms with E-state index in [2.05, 4.69) is 20.9 Å². The monoisotopic (exact) mass is 321 g/mol. The third kappa shape index (κ3) is 4.42. The molecule has 6 heteroatoms. The first kappa shape index (κ1) is 15.7. The molecule has 0 aliphatic heterocycles. The summed E-state index contributed by atoms with van der Waals surface area (Å²) < 4.78 is 1.68. The summed E-state index contributed by atoms with van der Waals surface area (Å²) >= 11 is 0. The van der Waals surface area contributed by atoms with Crippen LogP contribution < -0.4 is 10.6 Å². The number of nitrogens with one attached hydrogen (secondary N) is 2. The van der Waals surface area contributed by atoms with Crippen LogP contribution in [0.15, 0.2) is 66.9 Å². The van der Waals surface area contributed by atoms with E-state index in [0.29, 0.717) is 18.8 Å². The van der Waals surface area contributed by atoms with Crippen molar-refractivity contribution < 1.29 is 4.79 Å². The van der Waals surface area contributed by atoms with Gasteiger partial charge in [0.15, 0.2) is 0 Å². The third-order valence-electron chi connectivity index (χ3n) is 3.53. The summed E-state index contributed by atoms with van der Waals surface area (Å²) in [5.74, 6) is 0. The second-order valence-corrected chi connectivity index (χ2v) is 5.34. The Labute approximate surface area is 140 Å². The van der Waals surface area contributed by atoms with Crippen LogP contribution in [0.25, 0.3) is 5.69 Å². The zero-order chi connectivity index (χ0) is 16.6. The van der Waals surface area contributed by atoms with Gasteiger partial charge in [0.2, 0.25) is 0 Å². The van der Waals surface area contributed by atoms with Crippen LogP contribution in [-0.2, 0) is 13.0 Å². The second-order valence-electron chi connectivity index (χ2n) is 5.34. The fourth-order valence-electron chi connectivity index (χ4n) is 2.28. The van der Waals surface area contributed by atoms with Gasteiger partial charge in [-0.25, -0.2) is 9.48 Å². The van der Waals surface area contributed by atoms with E-state index in [4.69, 9.17) is 0 Å². The molecule has 0 radical (unpaired) electrons. The van der Waals surface area contributed by atoms with Gasteiger partial charge in [0, 0.05) is 6.54 Å². The maximum Gasteiger partial charge on any atom is 0.315 e. The largest absolute Gasteiger partial charge is 0.338 e. The van der Waals surface area contributed by atoms with Gasteiger partial charge in [-0.3, -0.25) is 0 Å². The fourth-order valence-corrected chi connectivity index (χ4v) is 2.28. The number of carbonyl (C=O) groups is 1. The quantitative estimate of drug-likeness (QED) is 0.732. The average molecular weight is 321 g/mol. The Hall–Kier alpha value is -3.15. The molecule has 0 unspecified atom stereocenters. The topological polar surface area (TPSA) is 71.8 Å². The molecule has 122 valence electrons. The maximum absolute atomic E-state index is 11.8. The number of benzene rings is 2. The summed E-state index contributed by atoms with van der Waals surface area (Å²) in [6, 6.07) is 19.6. The highest BCUT2D eigenvalue weighted by molar-refractivity contribution is 5.73. The molecule has 0 atom stereocenters. The lowest BCUT2D eigenvalue weighted by molar-refractivity contribution is 0.240. The minimum absolute atomic E-state index is 0.208. The summed E-state index contributed by atoms with van der Waals surface area (Å²) in [4.78, 5) is 11.8. The van der Waals surface area contributed by atoms with Crippen LogP contribution >= 0.6 is 0 Å². The molecule has 3 aromatic rings. The molecule has 0 bridgehead atoms. The van der Waals surface area contributed by atoms with Gasteiger partial charge in [0.1, 0.15) is 5.69 Å². The van der Waals surface area contributed by atoms with Gasteiger partial charge in [-0.1, -0.05) is 53.7 Å². The Morgan fingerprint density at radius 3 is 2.42 bits per heavy atom. The molecule has 0 aliphatic carbocycles. The number of urea groups is 1. The fraction of sp³-hybridized carbons (Fsp3) is 0.167. The minimum Gasteiger partial charge on any atom is -0.338 e. The third-order valence-corrected chi connectivity index (χ3v) is 3.53. The van der Waals surface area contributed by atoms with E-state index >= 15 is 0 Å². The molecule has 2 amide bonds. The van der Waals surface area contributed by atoms with Crippen molar-refractivity contribution in [3.05, 3.63) is 78.1 Å². The summed E-state index contributed by atoms with van der Waals surface area (Å²) in [5, 5.41) is 13.7. The number of rotatable bonds is 6. The van der Waals surface area contributed by atoms with Crippen molar-refractivity contribution >= 4 is 6.03 Å². The van der Waals surface area contributed by atoms with Crippen LogP contribution in [0.5, 0.6) is 0 Å². The highest BCUT2D eigenvalue weighted by Gasteiger charge is 2.05. The van der Waals surface area contributed by atoms with E-state index in [1.165, 1.54) is 5.56 Å². The molecule has 6 nitrogen and oxygen atoms in total. The van der Waals surface area contributed by atoms with Crippen molar-refractivity contribution in [3.8, 4) is 5.69 Å². The first-order chi connectivity index (χ1) is 11.8. The van der Waals surface area contributed by atoms with E-state index in [-0.39, 0.29) is 6.03 Å². The van der Waals surface area contributed by atoms with Crippen LogP contribution in [0.2, 0.25) is 0 Å². The van der Waals surface area contributed by atoms with E-state index in [9.17, 15) is 4.79 Å². The first-order valence-corrected chi connectivity index (χ1v) is 7.83. The molecule has 0 saturated carbocycles. The number of amides is 2. The van der Waals surface area contributed by atoms with Crippen LogP contribution in [0.4, 0.5) is 4.79 Å². The first-order valence-electron chi connectivity index (χ1n) is 7.83.